The molecule has 0 spiro atoms. The van der Waals surface area contributed by atoms with Crippen LogP contribution in [0.25, 0.3) is 22.6 Å². The summed E-state index contributed by atoms with van der Waals surface area (Å²) in [5.41, 5.74) is 3.19. The maximum Gasteiger partial charge on any atom is 0.255 e. The summed E-state index contributed by atoms with van der Waals surface area (Å²) in [7, 11) is 0. The van der Waals surface area contributed by atoms with Crippen LogP contribution >= 0.6 is 0 Å². The van der Waals surface area contributed by atoms with Crippen molar-refractivity contribution in [3.8, 4) is 28.7 Å². The summed E-state index contributed by atoms with van der Waals surface area (Å²) in [6, 6.07) is 18.3. The molecule has 4 rings (SSSR count). The van der Waals surface area contributed by atoms with Gasteiger partial charge in [-0.15, -0.1) is 0 Å². The van der Waals surface area contributed by atoms with Crippen LogP contribution in [-0.4, -0.2) is 30.7 Å². The Morgan fingerprint density at radius 1 is 0.879 bits per heavy atom. The van der Waals surface area contributed by atoms with Crippen LogP contribution in [0.15, 0.2) is 65.1 Å². The van der Waals surface area contributed by atoms with Crippen LogP contribution in [0, 0.1) is 0 Å². The molecule has 0 aliphatic carbocycles. The molecule has 33 heavy (non-hydrogen) atoms. The zero-order chi connectivity index (χ0) is 23.2. The highest BCUT2D eigenvalue weighted by molar-refractivity contribution is 6.05. The first-order valence-corrected chi connectivity index (χ1v) is 11.0. The van der Waals surface area contributed by atoms with E-state index in [1.54, 1.807) is 30.3 Å². The molecule has 0 radical (unpaired) electrons. The van der Waals surface area contributed by atoms with E-state index in [9.17, 15) is 4.79 Å². The van der Waals surface area contributed by atoms with Gasteiger partial charge in [-0.3, -0.25) is 4.79 Å². The van der Waals surface area contributed by atoms with E-state index in [2.05, 4.69) is 10.3 Å². The van der Waals surface area contributed by atoms with Crippen LogP contribution in [0.3, 0.4) is 0 Å². The van der Waals surface area contributed by atoms with Crippen molar-refractivity contribution in [3.63, 3.8) is 0 Å². The first-order chi connectivity index (χ1) is 16.1. The maximum atomic E-state index is 13.1. The van der Waals surface area contributed by atoms with E-state index in [0.717, 1.165) is 5.56 Å². The number of nitrogens with one attached hydrogen (secondary N) is 1. The molecule has 0 saturated carbocycles. The van der Waals surface area contributed by atoms with Gasteiger partial charge in [0.05, 0.1) is 19.8 Å². The highest BCUT2D eigenvalue weighted by Crippen LogP contribution is 2.39. The van der Waals surface area contributed by atoms with Gasteiger partial charge in [-0.2, -0.15) is 0 Å². The molecule has 7 nitrogen and oxygen atoms in total. The number of anilines is 1. The molecule has 1 amide bonds. The highest BCUT2D eigenvalue weighted by atomic mass is 16.5. The number of ether oxygens (including phenoxy) is 3. The van der Waals surface area contributed by atoms with Crippen molar-refractivity contribution in [2.45, 2.75) is 20.8 Å². The number of nitrogens with zero attached hydrogens (tertiary/aromatic N) is 1. The van der Waals surface area contributed by atoms with Gasteiger partial charge in [0.1, 0.15) is 5.52 Å². The lowest BCUT2D eigenvalue weighted by molar-refractivity contribution is 0.102. The summed E-state index contributed by atoms with van der Waals surface area (Å²) in [4.78, 5) is 17.6. The number of carbonyl (C=O) groups excluding carboxylic acids is 1. The van der Waals surface area contributed by atoms with Crippen LogP contribution in [0.2, 0.25) is 0 Å². The third kappa shape index (κ3) is 4.92. The van der Waals surface area contributed by atoms with Gasteiger partial charge in [-0.25, -0.2) is 4.98 Å². The smallest absolute Gasteiger partial charge is 0.255 e. The fourth-order valence-electron chi connectivity index (χ4n) is 3.43. The average Bonchev–Trinajstić information content (AvgIpc) is 3.25. The number of benzene rings is 3. The third-order valence-corrected chi connectivity index (χ3v) is 4.84. The number of hydrogen-bond acceptors (Lipinski definition) is 6. The quantitative estimate of drug-likeness (QED) is 0.342. The molecule has 1 aromatic heterocycles. The Labute approximate surface area is 192 Å². The molecule has 0 saturated heterocycles. The summed E-state index contributed by atoms with van der Waals surface area (Å²) in [6.45, 7) is 6.95. The molecule has 4 aromatic rings. The molecule has 1 N–H and O–H groups in total. The molecular weight excluding hydrogens is 420 g/mol. The number of rotatable bonds is 9. The number of amides is 1. The predicted molar refractivity (Wildman–Crippen MR) is 127 cm³/mol. The fraction of sp³-hybridized carbons (Fsp3) is 0.231. The van der Waals surface area contributed by atoms with E-state index in [4.69, 9.17) is 18.6 Å². The lowest BCUT2D eigenvalue weighted by Crippen LogP contribution is -2.13. The van der Waals surface area contributed by atoms with Gasteiger partial charge < -0.3 is 23.9 Å². The Balaban J connectivity index is 1.61. The van der Waals surface area contributed by atoms with Crippen LogP contribution in [0.1, 0.15) is 31.1 Å². The minimum Gasteiger partial charge on any atom is -0.490 e. The number of oxazole rings is 1. The normalized spacial score (nSPS) is 10.8. The zero-order valence-electron chi connectivity index (χ0n) is 18.9. The fourth-order valence-corrected chi connectivity index (χ4v) is 3.43. The molecule has 0 fully saturated rings. The number of carbonyl (C=O) groups is 1. The van der Waals surface area contributed by atoms with E-state index in [1.807, 2.05) is 51.1 Å². The average molecular weight is 447 g/mol. The van der Waals surface area contributed by atoms with Gasteiger partial charge in [-0.05, 0) is 63.2 Å². The molecule has 0 aliphatic rings. The monoisotopic (exact) mass is 446 g/mol. The van der Waals surface area contributed by atoms with Gasteiger partial charge in [-0.1, -0.05) is 18.2 Å². The standard InChI is InChI=1S/C26H26N2O5/c1-4-30-22-14-18(15-23(31-5-2)24(22)32-6-3)25(29)27-19-12-13-21-20(16-19)28-26(33-21)17-10-8-7-9-11-17/h7-16H,4-6H2,1-3H3,(H,27,29). The van der Waals surface area contributed by atoms with Gasteiger partial charge in [0, 0.05) is 16.8 Å². The molecule has 0 bridgehead atoms. The predicted octanol–water partition coefficient (Wildman–Crippen LogP) is 5.94. The second-order valence-electron chi connectivity index (χ2n) is 7.12. The second kappa shape index (κ2) is 10.1. The number of fused-ring (bicyclic) bond motifs is 1. The molecule has 1 heterocycles. The highest BCUT2D eigenvalue weighted by Gasteiger charge is 2.19. The van der Waals surface area contributed by atoms with Crippen LogP contribution in [0.5, 0.6) is 17.2 Å². The maximum absolute atomic E-state index is 13.1. The van der Waals surface area contributed by atoms with Crippen molar-refractivity contribution in [2.24, 2.45) is 0 Å². The third-order valence-electron chi connectivity index (χ3n) is 4.84. The number of aromatic nitrogens is 1. The first-order valence-electron chi connectivity index (χ1n) is 11.0. The summed E-state index contributed by atoms with van der Waals surface area (Å²) in [6.07, 6.45) is 0. The molecular formula is C26H26N2O5. The largest absolute Gasteiger partial charge is 0.490 e. The molecule has 0 atom stereocenters. The Morgan fingerprint density at radius 3 is 2.18 bits per heavy atom. The summed E-state index contributed by atoms with van der Waals surface area (Å²) in [5, 5.41) is 2.92. The van der Waals surface area contributed by atoms with Crippen molar-refractivity contribution in [1.29, 1.82) is 0 Å². The Kier molecular flexibility index (Phi) is 6.78. The van der Waals surface area contributed by atoms with E-state index in [1.165, 1.54) is 0 Å². The van der Waals surface area contributed by atoms with Crippen LogP contribution in [0.4, 0.5) is 5.69 Å². The van der Waals surface area contributed by atoms with Crippen LogP contribution < -0.4 is 19.5 Å². The van der Waals surface area contributed by atoms with Gasteiger partial charge in [0.25, 0.3) is 5.91 Å². The SMILES string of the molecule is CCOc1cc(C(=O)Nc2ccc3oc(-c4ccccc4)nc3c2)cc(OCC)c1OCC. The van der Waals surface area contributed by atoms with E-state index in [0.29, 0.717) is 65.3 Å². The second-order valence-corrected chi connectivity index (χ2v) is 7.12. The Hall–Kier alpha value is -4.00. The van der Waals surface area contributed by atoms with E-state index >= 15 is 0 Å². The molecule has 3 aromatic carbocycles. The van der Waals surface area contributed by atoms with E-state index in [-0.39, 0.29) is 5.91 Å². The van der Waals surface area contributed by atoms with Crippen molar-refractivity contribution in [3.05, 3.63) is 66.2 Å². The molecule has 0 aliphatic heterocycles. The summed E-state index contributed by atoms with van der Waals surface area (Å²) < 4.78 is 23.0. The summed E-state index contributed by atoms with van der Waals surface area (Å²) in [5.74, 6) is 1.66. The van der Waals surface area contributed by atoms with Gasteiger partial charge in [0.2, 0.25) is 11.6 Å². The van der Waals surface area contributed by atoms with Crippen molar-refractivity contribution in [2.75, 3.05) is 25.1 Å². The minimum absolute atomic E-state index is 0.300. The molecule has 0 unspecified atom stereocenters. The Morgan fingerprint density at radius 2 is 1.55 bits per heavy atom. The summed E-state index contributed by atoms with van der Waals surface area (Å²) >= 11 is 0. The van der Waals surface area contributed by atoms with Crippen molar-refractivity contribution < 1.29 is 23.4 Å². The lowest BCUT2D eigenvalue weighted by Gasteiger charge is -2.17. The Bertz CT molecular complexity index is 1220. The minimum atomic E-state index is -0.300. The van der Waals surface area contributed by atoms with Gasteiger partial charge in [0.15, 0.2) is 17.1 Å². The zero-order valence-corrected chi connectivity index (χ0v) is 18.9. The van der Waals surface area contributed by atoms with Crippen LogP contribution in [-0.2, 0) is 0 Å². The lowest BCUT2D eigenvalue weighted by atomic mass is 10.1. The first kappa shape index (κ1) is 22.2. The van der Waals surface area contributed by atoms with Crippen molar-refractivity contribution in [1.82, 2.24) is 4.98 Å². The van der Waals surface area contributed by atoms with Gasteiger partial charge >= 0.3 is 0 Å². The molecule has 170 valence electrons. The van der Waals surface area contributed by atoms with Crippen molar-refractivity contribution >= 4 is 22.7 Å². The molecule has 7 heteroatoms. The van der Waals surface area contributed by atoms with E-state index < -0.39 is 0 Å². The topological polar surface area (TPSA) is 82.8 Å². The number of hydrogen-bond donors (Lipinski definition) is 1.